The number of aliphatic imine (C=N–C) groups is 1. The summed E-state index contributed by atoms with van der Waals surface area (Å²) in [7, 11) is 0. The average molecular weight is 515 g/mol. The summed E-state index contributed by atoms with van der Waals surface area (Å²) in [6.07, 6.45) is 3.36. The van der Waals surface area contributed by atoms with Gasteiger partial charge in [0, 0.05) is 19.4 Å². The Bertz CT molecular complexity index is 863. The number of nitrogens with one attached hydrogen (secondary N) is 1. The van der Waals surface area contributed by atoms with E-state index < -0.39 is 0 Å². The molecule has 136 valence electrons. The number of thioether (sulfide) groups is 1. The van der Waals surface area contributed by atoms with Crippen molar-refractivity contribution in [1.82, 2.24) is 0 Å². The second kappa shape index (κ2) is 7.86. The van der Waals surface area contributed by atoms with Crippen LogP contribution in [0.3, 0.4) is 0 Å². The van der Waals surface area contributed by atoms with Gasteiger partial charge >= 0.3 is 0 Å². The van der Waals surface area contributed by atoms with Crippen LogP contribution in [0.25, 0.3) is 0 Å². The summed E-state index contributed by atoms with van der Waals surface area (Å²) in [5, 5.41) is 4.45. The molecule has 1 spiro atoms. The Morgan fingerprint density at radius 1 is 1.12 bits per heavy atom. The van der Waals surface area contributed by atoms with Crippen LogP contribution in [0.15, 0.2) is 50.3 Å². The van der Waals surface area contributed by atoms with Gasteiger partial charge in [-0.25, -0.2) is 0 Å². The molecule has 1 N–H and O–H groups in total. The van der Waals surface area contributed by atoms with Gasteiger partial charge in [-0.3, -0.25) is 4.99 Å². The van der Waals surface area contributed by atoms with E-state index in [1.807, 2.05) is 30.0 Å². The molecule has 0 atom stereocenters. The number of hydrogen-bond acceptors (Lipinski definition) is 2. The molecule has 2 nitrogen and oxygen atoms in total. The summed E-state index contributed by atoms with van der Waals surface area (Å²) in [4.78, 5) is 5.04. The van der Waals surface area contributed by atoms with Crippen LogP contribution in [0.5, 0.6) is 0 Å². The number of halogens is 3. The number of amidine groups is 1. The first kappa shape index (κ1) is 18.9. The van der Waals surface area contributed by atoms with Crippen molar-refractivity contribution in [1.29, 1.82) is 0 Å². The second-order valence-corrected chi connectivity index (χ2v) is 10.2. The Labute approximate surface area is 180 Å². The minimum Gasteiger partial charge on any atom is -0.342 e. The summed E-state index contributed by atoms with van der Waals surface area (Å²) in [5.74, 6) is 3.52. The number of fused-ring (bicyclic) bond motifs is 1. The fourth-order valence-electron chi connectivity index (χ4n) is 3.76. The summed E-state index contributed by atoms with van der Waals surface area (Å²) in [5.41, 5.74) is 3.76. The molecule has 0 amide bonds. The van der Waals surface area contributed by atoms with Gasteiger partial charge in [0.1, 0.15) is 5.84 Å². The van der Waals surface area contributed by atoms with E-state index in [0.717, 1.165) is 45.8 Å². The molecule has 26 heavy (non-hydrogen) atoms. The van der Waals surface area contributed by atoms with Gasteiger partial charge in [-0.2, -0.15) is 11.8 Å². The molecule has 2 aliphatic heterocycles. The van der Waals surface area contributed by atoms with Crippen molar-refractivity contribution >= 4 is 66.7 Å². The average Bonchev–Trinajstić information content (AvgIpc) is 2.64. The van der Waals surface area contributed by atoms with Crippen LogP contribution >= 0.6 is 55.2 Å². The van der Waals surface area contributed by atoms with Gasteiger partial charge in [-0.05, 0) is 82.1 Å². The summed E-state index contributed by atoms with van der Waals surface area (Å²) in [6.45, 7) is 0.652. The predicted octanol–water partition coefficient (Wildman–Crippen LogP) is 6.95. The van der Waals surface area contributed by atoms with E-state index in [2.05, 4.69) is 55.4 Å². The maximum absolute atomic E-state index is 6.14. The quantitative estimate of drug-likeness (QED) is 0.469. The van der Waals surface area contributed by atoms with Crippen LogP contribution in [-0.4, -0.2) is 17.3 Å². The highest BCUT2D eigenvalue weighted by atomic mass is 79.9. The molecule has 2 aliphatic rings. The van der Waals surface area contributed by atoms with E-state index in [9.17, 15) is 0 Å². The van der Waals surface area contributed by atoms with E-state index in [-0.39, 0.29) is 5.41 Å². The lowest BCUT2D eigenvalue weighted by Gasteiger charge is -2.43. The van der Waals surface area contributed by atoms with Gasteiger partial charge < -0.3 is 5.32 Å². The minimum atomic E-state index is 0.111. The van der Waals surface area contributed by atoms with Crippen molar-refractivity contribution in [3.05, 3.63) is 61.5 Å². The lowest BCUT2D eigenvalue weighted by molar-refractivity contribution is 0.376. The zero-order valence-electron chi connectivity index (χ0n) is 14.2. The normalized spacial score (nSPS) is 20.0. The highest BCUT2D eigenvalue weighted by Gasteiger charge is 2.42. The zero-order chi connectivity index (χ0) is 18.1. The topological polar surface area (TPSA) is 24.4 Å². The van der Waals surface area contributed by atoms with Crippen LogP contribution < -0.4 is 5.32 Å². The van der Waals surface area contributed by atoms with E-state index in [4.69, 9.17) is 16.6 Å². The fraction of sp³-hybridized carbons (Fsp3) is 0.350. The molecule has 0 aromatic heterocycles. The zero-order valence-corrected chi connectivity index (χ0v) is 18.9. The van der Waals surface area contributed by atoms with Crippen molar-refractivity contribution in [3.63, 3.8) is 0 Å². The van der Waals surface area contributed by atoms with Crippen LogP contribution in [0.4, 0.5) is 5.69 Å². The van der Waals surface area contributed by atoms with E-state index in [1.54, 1.807) is 0 Å². The first-order valence-corrected chi connectivity index (χ1v) is 11.8. The van der Waals surface area contributed by atoms with Crippen LogP contribution in [-0.2, 0) is 13.0 Å². The molecule has 1 fully saturated rings. The molecule has 6 heteroatoms. The molecule has 2 heterocycles. The maximum atomic E-state index is 6.14. The first-order chi connectivity index (χ1) is 12.6. The van der Waals surface area contributed by atoms with E-state index >= 15 is 0 Å². The maximum Gasteiger partial charge on any atom is 0.108 e. The predicted molar refractivity (Wildman–Crippen MR) is 121 cm³/mol. The van der Waals surface area contributed by atoms with Crippen LogP contribution in [0, 0.1) is 5.41 Å². The molecule has 1 saturated heterocycles. The molecular formula is C20H19Br2ClN2S. The Morgan fingerprint density at radius 3 is 2.65 bits per heavy atom. The Kier molecular flexibility index (Phi) is 5.70. The lowest BCUT2D eigenvalue weighted by atomic mass is 9.73. The highest BCUT2D eigenvalue weighted by Crippen LogP contribution is 2.47. The largest absolute Gasteiger partial charge is 0.342 e. The monoisotopic (exact) mass is 512 g/mol. The van der Waals surface area contributed by atoms with Crippen LogP contribution in [0.2, 0.25) is 5.02 Å². The SMILES string of the molecule is Clc1cccc(CN=C2Nc3c(Br)ccc(Br)c3CC23CCSCC3)c1. The molecule has 0 radical (unpaired) electrons. The number of anilines is 1. The number of benzene rings is 2. The van der Waals surface area contributed by atoms with Gasteiger partial charge in [-0.1, -0.05) is 39.7 Å². The standard InChI is InChI=1S/C20H19Br2ClN2S/c21-16-4-5-17(22)18-15(16)11-20(6-8-26-9-7-20)19(25-18)24-12-13-2-1-3-14(23)10-13/h1-5,10H,6-9,11-12H2,(H,24,25). The van der Waals surface area contributed by atoms with Crippen molar-refractivity contribution in [2.75, 3.05) is 16.8 Å². The third kappa shape index (κ3) is 3.73. The van der Waals surface area contributed by atoms with Gasteiger partial charge in [0.2, 0.25) is 0 Å². The molecule has 0 aliphatic carbocycles. The van der Waals surface area contributed by atoms with E-state index in [1.165, 1.54) is 21.5 Å². The Balaban J connectivity index is 1.72. The second-order valence-electron chi connectivity index (χ2n) is 6.87. The summed E-state index contributed by atoms with van der Waals surface area (Å²) >= 11 is 15.6. The minimum absolute atomic E-state index is 0.111. The first-order valence-electron chi connectivity index (χ1n) is 8.68. The molecule has 4 rings (SSSR count). The third-order valence-corrected chi connectivity index (χ3v) is 7.85. The summed E-state index contributed by atoms with van der Waals surface area (Å²) in [6, 6.07) is 12.2. The Morgan fingerprint density at radius 2 is 1.88 bits per heavy atom. The smallest absolute Gasteiger partial charge is 0.108 e. The van der Waals surface area contributed by atoms with Crippen molar-refractivity contribution < 1.29 is 0 Å². The third-order valence-electron chi connectivity index (χ3n) is 5.22. The number of hydrogen-bond donors (Lipinski definition) is 1. The van der Waals surface area contributed by atoms with Gasteiger partial charge in [-0.15, -0.1) is 0 Å². The molecular weight excluding hydrogens is 496 g/mol. The van der Waals surface area contributed by atoms with Crippen molar-refractivity contribution in [2.45, 2.75) is 25.8 Å². The summed E-state index contributed by atoms with van der Waals surface area (Å²) < 4.78 is 2.26. The van der Waals surface area contributed by atoms with Crippen molar-refractivity contribution in [3.8, 4) is 0 Å². The van der Waals surface area contributed by atoms with Gasteiger partial charge in [0.05, 0.1) is 12.2 Å². The molecule has 2 aromatic carbocycles. The fourth-order valence-corrected chi connectivity index (χ4v) is 6.19. The molecule has 2 aromatic rings. The van der Waals surface area contributed by atoms with Crippen molar-refractivity contribution in [2.24, 2.45) is 10.4 Å². The number of nitrogens with zero attached hydrogens (tertiary/aromatic N) is 1. The lowest BCUT2D eigenvalue weighted by Crippen LogP contribution is -2.44. The van der Waals surface area contributed by atoms with Gasteiger partial charge in [0.15, 0.2) is 0 Å². The Hall–Kier alpha value is -0.490. The molecule has 0 saturated carbocycles. The number of rotatable bonds is 2. The van der Waals surface area contributed by atoms with Crippen LogP contribution in [0.1, 0.15) is 24.0 Å². The van der Waals surface area contributed by atoms with E-state index in [0.29, 0.717) is 6.54 Å². The highest BCUT2D eigenvalue weighted by molar-refractivity contribution is 9.11. The molecule has 0 unspecified atom stereocenters. The molecule has 0 bridgehead atoms. The van der Waals surface area contributed by atoms with Gasteiger partial charge in [0.25, 0.3) is 0 Å².